The van der Waals surface area contributed by atoms with Gasteiger partial charge >= 0.3 is 0 Å². The highest BCUT2D eigenvalue weighted by Gasteiger charge is 2.44. The quantitative estimate of drug-likeness (QED) is 0.847. The number of aromatic amines is 1. The Labute approximate surface area is 134 Å². The Morgan fingerprint density at radius 2 is 2.00 bits per heavy atom. The van der Waals surface area contributed by atoms with Gasteiger partial charge in [-0.1, -0.05) is 0 Å². The molecule has 1 aromatic heterocycles. The molecule has 0 unspecified atom stereocenters. The van der Waals surface area contributed by atoms with Gasteiger partial charge in [-0.25, -0.2) is 0 Å². The molecule has 2 saturated heterocycles. The summed E-state index contributed by atoms with van der Waals surface area (Å²) in [7, 11) is 0. The maximum absolute atomic E-state index is 12.3. The third-order valence-corrected chi connectivity index (χ3v) is 5.39. The maximum Gasteiger partial charge on any atom is 0.290 e. The molecule has 3 aliphatic rings. The van der Waals surface area contributed by atoms with E-state index in [2.05, 4.69) is 15.4 Å². The molecule has 4 rings (SSSR count). The Hall–Kier alpha value is -1.60. The maximum atomic E-state index is 12.3. The smallest absolute Gasteiger partial charge is 0.290 e. The van der Waals surface area contributed by atoms with E-state index in [4.69, 9.17) is 9.26 Å². The first-order valence-electron chi connectivity index (χ1n) is 8.52. The first-order chi connectivity index (χ1) is 11.2. The van der Waals surface area contributed by atoms with Crippen molar-refractivity contribution in [2.75, 3.05) is 26.3 Å². The lowest BCUT2D eigenvalue weighted by Crippen LogP contribution is -2.42. The Kier molecular flexibility index (Phi) is 3.98. The SMILES string of the molecule is O=C(N[C@@H]1CN(C2CCOCC2)C[C@H]1C1CC1)c1cc(=O)[nH]o1. The summed E-state index contributed by atoms with van der Waals surface area (Å²) in [5, 5.41) is 5.25. The minimum absolute atomic E-state index is 0.0639. The van der Waals surface area contributed by atoms with E-state index in [0.29, 0.717) is 12.0 Å². The van der Waals surface area contributed by atoms with Gasteiger partial charge in [-0.15, -0.1) is 0 Å². The van der Waals surface area contributed by atoms with Crippen molar-refractivity contribution in [3.8, 4) is 0 Å². The van der Waals surface area contributed by atoms with Gasteiger partial charge < -0.3 is 14.6 Å². The number of carbonyl (C=O) groups excluding carboxylic acids is 1. The van der Waals surface area contributed by atoms with Crippen LogP contribution in [0.4, 0.5) is 0 Å². The van der Waals surface area contributed by atoms with Gasteiger partial charge in [0, 0.05) is 38.4 Å². The number of amides is 1. The van der Waals surface area contributed by atoms with Crippen LogP contribution in [0, 0.1) is 11.8 Å². The van der Waals surface area contributed by atoms with Crippen molar-refractivity contribution in [3.63, 3.8) is 0 Å². The van der Waals surface area contributed by atoms with Gasteiger partial charge in [0.15, 0.2) is 0 Å². The molecule has 7 heteroatoms. The molecule has 0 aromatic carbocycles. The fourth-order valence-electron chi connectivity index (χ4n) is 4.00. The number of nitrogens with one attached hydrogen (secondary N) is 2. The summed E-state index contributed by atoms with van der Waals surface area (Å²) >= 11 is 0. The lowest BCUT2D eigenvalue weighted by molar-refractivity contribution is 0.0404. The van der Waals surface area contributed by atoms with E-state index in [1.165, 1.54) is 18.9 Å². The molecule has 2 atom stereocenters. The molecular weight excluding hydrogens is 298 g/mol. The molecule has 1 amide bonds. The Balaban J connectivity index is 1.43. The zero-order chi connectivity index (χ0) is 15.8. The monoisotopic (exact) mass is 321 g/mol. The minimum Gasteiger partial charge on any atom is -0.381 e. The molecule has 0 radical (unpaired) electrons. The second kappa shape index (κ2) is 6.13. The summed E-state index contributed by atoms with van der Waals surface area (Å²) < 4.78 is 10.4. The molecule has 23 heavy (non-hydrogen) atoms. The third-order valence-electron chi connectivity index (χ3n) is 5.39. The van der Waals surface area contributed by atoms with Gasteiger partial charge in [-0.05, 0) is 37.5 Å². The van der Waals surface area contributed by atoms with Gasteiger partial charge in [-0.2, -0.15) is 5.16 Å². The molecule has 1 aliphatic carbocycles. The molecule has 1 saturated carbocycles. The van der Waals surface area contributed by atoms with E-state index in [0.717, 1.165) is 45.1 Å². The van der Waals surface area contributed by atoms with E-state index in [9.17, 15) is 9.59 Å². The van der Waals surface area contributed by atoms with Crippen LogP contribution in [0.1, 0.15) is 36.2 Å². The van der Waals surface area contributed by atoms with Crippen molar-refractivity contribution < 1.29 is 14.1 Å². The molecule has 0 bridgehead atoms. The van der Waals surface area contributed by atoms with Crippen LogP contribution in [0.15, 0.2) is 15.4 Å². The van der Waals surface area contributed by atoms with Crippen molar-refractivity contribution in [3.05, 3.63) is 22.2 Å². The van der Waals surface area contributed by atoms with Gasteiger partial charge in [0.25, 0.3) is 11.5 Å². The number of likely N-dealkylation sites (tertiary alicyclic amines) is 1. The van der Waals surface area contributed by atoms with Crippen LogP contribution in [-0.4, -0.2) is 54.4 Å². The summed E-state index contributed by atoms with van der Waals surface area (Å²) in [4.78, 5) is 25.9. The van der Waals surface area contributed by atoms with Crippen molar-refractivity contribution in [2.24, 2.45) is 11.8 Å². The zero-order valence-corrected chi connectivity index (χ0v) is 13.1. The molecule has 2 aliphatic heterocycles. The number of carbonyl (C=O) groups is 1. The fourth-order valence-corrected chi connectivity index (χ4v) is 4.00. The summed E-state index contributed by atoms with van der Waals surface area (Å²) in [6.45, 7) is 3.60. The van der Waals surface area contributed by atoms with Crippen LogP contribution in [0.3, 0.4) is 0 Å². The summed E-state index contributed by atoms with van der Waals surface area (Å²) in [6.07, 6.45) is 4.67. The van der Waals surface area contributed by atoms with Crippen molar-refractivity contribution >= 4 is 5.91 Å². The minimum atomic E-state index is -0.385. The second-order valence-corrected chi connectivity index (χ2v) is 6.96. The number of aromatic nitrogens is 1. The second-order valence-electron chi connectivity index (χ2n) is 6.96. The molecule has 2 N–H and O–H groups in total. The molecule has 0 spiro atoms. The number of hydrogen-bond acceptors (Lipinski definition) is 5. The van der Waals surface area contributed by atoms with Gasteiger partial charge in [0.05, 0.1) is 6.07 Å². The summed E-state index contributed by atoms with van der Waals surface area (Å²) in [6, 6.07) is 1.90. The molecule has 7 nitrogen and oxygen atoms in total. The van der Waals surface area contributed by atoms with Crippen LogP contribution in [0.2, 0.25) is 0 Å². The third kappa shape index (κ3) is 3.21. The lowest BCUT2D eigenvalue weighted by atomic mass is 9.98. The number of hydrogen-bond donors (Lipinski definition) is 2. The molecule has 126 valence electrons. The average Bonchev–Trinajstić information content (AvgIpc) is 3.18. The van der Waals surface area contributed by atoms with E-state index >= 15 is 0 Å². The molecule has 3 heterocycles. The van der Waals surface area contributed by atoms with Crippen LogP contribution in [0.5, 0.6) is 0 Å². The number of nitrogens with zero attached hydrogens (tertiary/aromatic N) is 1. The fraction of sp³-hybridized carbons (Fsp3) is 0.750. The van der Waals surface area contributed by atoms with Gasteiger partial charge in [0.1, 0.15) is 0 Å². The first-order valence-corrected chi connectivity index (χ1v) is 8.52. The topological polar surface area (TPSA) is 87.6 Å². The van der Waals surface area contributed by atoms with Crippen LogP contribution < -0.4 is 10.9 Å². The Bertz CT molecular complexity index is 615. The highest BCUT2D eigenvalue weighted by atomic mass is 16.5. The van der Waals surface area contributed by atoms with Crippen molar-refractivity contribution in [2.45, 2.75) is 37.8 Å². The Morgan fingerprint density at radius 3 is 2.65 bits per heavy atom. The largest absolute Gasteiger partial charge is 0.381 e. The Morgan fingerprint density at radius 1 is 1.22 bits per heavy atom. The van der Waals surface area contributed by atoms with E-state index in [-0.39, 0.29) is 23.3 Å². The van der Waals surface area contributed by atoms with E-state index < -0.39 is 0 Å². The van der Waals surface area contributed by atoms with Gasteiger partial charge in [0.2, 0.25) is 5.76 Å². The van der Waals surface area contributed by atoms with Crippen LogP contribution in [-0.2, 0) is 4.74 Å². The lowest BCUT2D eigenvalue weighted by Gasteiger charge is -2.31. The molecule has 1 aromatic rings. The van der Waals surface area contributed by atoms with Crippen molar-refractivity contribution in [1.29, 1.82) is 0 Å². The highest BCUT2D eigenvalue weighted by Crippen LogP contribution is 2.42. The standard InChI is InChI=1S/C16H23N3O4/c20-15-7-14(23-18-15)16(21)17-13-9-19(8-12(13)10-1-2-10)11-3-5-22-6-4-11/h7,10-13H,1-6,8-9H2,(H,17,21)(H,18,20)/t12-,13+/m0/s1. The van der Waals surface area contributed by atoms with Crippen LogP contribution >= 0.6 is 0 Å². The van der Waals surface area contributed by atoms with E-state index in [1.54, 1.807) is 0 Å². The predicted octanol–water partition coefficient (Wildman–Crippen LogP) is 0.587. The summed E-state index contributed by atoms with van der Waals surface area (Å²) in [5.74, 6) is 0.998. The molecule has 3 fully saturated rings. The van der Waals surface area contributed by atoms with Crippen LogP contribution in [0.25, 0.3) is 0 Å². The highest BCUT2D eigenvalue weighted by molar-refractivity contribution is 5.91. The molecular formula is C16H23N3O4. The average molecular weight is 321 g/mol. The van der Waals surface area contributed by atoms with E-state index in [1.807, 2.05) is 0 Å². The first kappa shape index (κ1) is 15.0. The van der Waals surface area contributed by atoms with Crippen molar-refractivity contribution in [1.82, 2.24) is 15.4 Å². The van der Waals surface area contributed by atoms with Gasteiger partial charge in [-0.3, -0.25) is 14.5 Å². The summed E-state index contributed by atoms with van der Waals surface area (Å²) in [5.41, 5.74) is -0.385. The number of ether oxygens (including phenoxy) is 1. The zero-order valence-electron chi connectivity index (χ0n) is 13.1. The number of rotatable bonds is 4. The normalized spacial score (nSPS) is 29.7. The predicted molar refractivity (Wildman–Crippen MR) is 82.2 cm³/mol. The number of H-pyrrole nitrogens is 1.